The average molecular weight is 364 g/mol. The Morgan fingerprint density at radius 1 is 1.12 bits per heavy atom. The number of rotatable bonds is 5. The first-order valence-electron chi connectivity index (χ1n) is 8.02. The second-order valence-electron chi connectivity index (χ2n) is 5.43. The number of nitrogens with zero attached hydrogens (tertiary/aromatic N) is 3. The Kier molecular flexibility index (Phi) is 4.54. The fourth-order valence-corrected chi connectivity index (χ4v) is 4.02. The molecule has 1 aromatic carbocycles. The van der Waals surface area contributed by atoms with Gasteiger partial charge in [-0.3, -0.25) is 5.43 Å². The lowest BCUT2D eigenvalue weighted by atomic mass is 10.2. The Morgan fingerprint density at radius 3 is 2.76 bits per heavy atom. The highest BCUT2D eigenvalue weighted by atomic mass is 32.1. The van der Waals surface area contributed by atoms with Crippen molar-refractivity contribution in [1.29, 1.82) is 0 Å². The van der Waals surface area contributed by atoms with Gasteiger partial charge < -0.3 is 0 Å². The molecule has 0 saturated heterocycles. The summed E-state index contributed by atoms with van der Waals surface area (Å²) in [5.74, 6) is 1.46. The van der Waals surface area contributed by atoms with E-state index in [1.54, 1.807) is 22.7 Å². The predicted octanol–water partition coefficient (Wildman–Crippen LogP) is 5.43. The summed E-state index contributed by atoms with van der Waals surface area (Å²) in [6, 6.07) is 16.2. The smallest absolute Gasteiger partial charge is 0.163 e. The highest BCUT2D eigenvalue weighted by Crippen LogP contribution is 2.31. The van der Waals surface area contributed by atoms with Gasteiger partial charge in [0.05, 0.1) is 11.6 Å². The lowest BCUT2D eigenvalue weighted by molar-refractivity contribution is 1.18. The van der Waals surface area contributed by atoms with E-state index in [4.69, 9.17) is 9.97 Å². The zero-order valence-corrected chi connectivity index (χ0v) is 15.3. The molecule has 0 bridgehead atoms. The molecule has 4 aromatic rings. The molecule has 4 rings (SSSR count). The van der Waals surface area contributed by atoms with Gasteiger partial charge in [0.25, 0.3) is 0 Å². The molecule has 0 atom stereocenters. The summed E-state index contributed by atoms with van der Waals surface area (Å²) < 4.78 is 0. The molecule has 4 nitrogen and oxygen atoms in total. The molecule has 0 aliphatic heterocycles. The van der Waals surface area contributed by atoms with E-state index in [2.05, 4.69) is 23.5 Å². The highest BCUT2D eigenvalue weighted by molar-refractivity contribution is 7.18. The van der Waals surface area contributed by atoms with E-state index in [-0.39, 0.29) is 0 Å². The fraction of sp³-hybridized carbons (Fsp3) is 0.105. The monoisotopic (exact) mass is 364 g/mol. The van der Waals surface area contributed by atoms with Crippen LogP contribution in [-0.4, -0.2) is 16.2 Å². The fourth-order valence-electron chi connectivity index (χ4n) is 2.47. The van der Waals surface area contributed by atoms with Gasteiger partial charge in [-0.1, -0.05) is 43.3 Å². The first-order chi connectivity index (χ1) is 12.3. The number of hydrogen-bond acceptors (Lipinski definition) is 6. The summed E-state index contributed by atoms with van der Waals surface area (Å²) in [6.07, 6.45) is 2.80. The zero-order chi connectivity index (χ0) is 17.1. The minimum Gasteiger partial charge on any atom is -0.261 e. The molecule has 3 aromatic heterocycles. The minimum atomic E-state index is 0.714. The molecular formula is C19H16N4S2. The summed E-state index contributed by atoms with van der Waals surface area (Å²) in [4.78, 5) is 12.8. The highest BCUT2D eigenvalue weighted by Gasteiger charge is 2.12. The molecular weight excluding hydrogens is 348 g/mol. The molecule has 3 heterocycles. The molecule has 0 unspecified atom stereocenters. The van der Waals surface area contributed by atoms with E-state index < -0.39 is 0 Å². The molecule has 0 saturated carbocycles. The van der Waals surface area contributed by atoms with E-state index in [1.165, 1.54) is 4.88 Å². The van der Waals surface area contributed by atoms with Crippen LogP contribution in [0.4, 0.5) is 5.82 Å². The maximum absolute atomic E-state index is 4.75. The second kappa shape index (κ2) is 7.13. The third kappa shape index (κ3) is 3.45. The third-order valence-electron chi connectivity index (χ3n) is 3.73. The van der Waals surface area contributed by atoms with E-state index in [9.17, 15) is 0 Å². The predicted molar refractivity (Wildman–Crippen MR) is 108 cm³/mol. The molecule has 124 valence electrons. The van der Waals surface area contributed by atoms with Crippen LogP contribution in [-0.2, 0) is 6.42 Å². The summed E-state index contributed by atoms with van der Waals surface area (Å²) in [7, 11) is 0. The van der Waals surface area contributed by atoms with Crippen molar-refractivity contribution in [1.82, 2.24) is 9.97 Å². The van der Waals surface area contributed by atoms with Crippen LogP contribution < -0.4 is 5.43 Å². The number of hydrazone groups is 1. The number of anilines is 1. The summed E-state index contributed by atoms with van der Waals surface area (Å²) in [5, 5.41) is 7.40. The molecule has 0 aliphatic carbocycles. The van der Waals surface area contributed by atoms with Gasteiger partial charge in [0, 0.05) is 15.3 Å². The van der Waals surface area contributed by atoms with E-state index >= 15 is 0 Å². The van der Waals surface area contributed by atoms with Gasteiger partial charge in [-0.05, 0) is 23.9 Å². The van der Waals surface area contributed by atoms with Crippen molar-refractivity contribution in [3.05, 3.63) is 63.7 Å². The molecule has 1 N–H and O–H groups in total. The minimum absolute atomic E-state index is 0.714. The van der Waals surface area contributed by atoms with E-state index in [0.29, 0.717) is 5.82 Å². The number of hydrogen-bond donors (Lipinski definition) is 1. The Labute approximate surface area is 153 Å². The number of thiophene rings is 2. The van der Waals surface area contributed by atoms with Crippen molar-refractivity contribution in [3.8, 4) is 11.4 Å². The van der Waals surface area contributed by atoms with Gasteiger partial charge in [-0.25, -0.2) is 9.97 Å². The van der Waals surface area contributed by atoms with Crippen LogP contribution in [0.3, 0.4) is 0 Å². The van der Waals surface area contributed by atoms with Crippen LogP contribution in [0.5, 0.6) is 0 Å². The SMILES string of the molecule is CCc1cc2c(NN=Cc3cccs3)nc(-c3ccccc3)nc2s1. The molecule has 0 fully saturated rings. The van der Waals surface area contributed by atoms with Gasteiger partial charge in [0.15, 0.2) is 11.6 Å². The molecule has 25 heavy (non-hydrogen) atoms. The number of fused-ring (bicyclic) bond motifs is 1. The van der Waals surface area contributed by atoms with Crippen molar-refractivity contribution >= 4 is 44.9 Å². The molecule has 0 aliphatic rings. The van der Waals surface area contributed by atoms with Gasteiger partial charge in [0.1, 0.15) is 4.83 Å². The maximum Gasteiger partial charge on any atom is 0.163 e. The quantitative estimate of drug-likeness (QED) is 0.379. The molecule has 0 amide bonds. The van der Waals surface area contributed by atoms with Crippen LogP contribution in [0.25, 0.3) is 21.6 Å². The first kappa shape index (κ1) is 15.9. The van der Waals surface area contributed by atoms with Crippen LogP contribution >= 0.6 is 22.7 Å². The van der Waals surface area contributed by atoms with Crippen molar-refractivity contribution in [2.75, 3.05) is 5.43 Å². The van der Waals surface area contributed by atoms with Gasteiger partial charge in [-0.15, -0.1) is 22.7 Å². The zero-order valence-electron chi connectivity index (χ0n) is 13.6. The Balaban J connectivity index is 1.75. The number of nitrogens with one attached hydrogen (secondary N) is 1. The number of benzene rings is 1. The maximum atomic E-state index is 4.75. The van der Waals surface area contributed by atoms with Gasteiger partial charge in [-0.2, -0.15) is 5.10 Å². The lowest BCUT2D eigenvalue weighted by Gasteiger charge is -2.05. The van der Waals surface area contributed by atoms with Crippen LogP contribution in [0.15, 0.2) is 59.0 Å². The molecule has 0 radical (unpaired) electrons. The van der Waals surface area contributed by atoms with Crippen molar-refractivity contribution < 1.29 is 0 Å². The second-order valence-corrected chi connectivity index (χ2v) is 7.53. The largest absolute Gasteiger partial charge is 0.261 e. The summed E-state index contributed by atoms with van der Waals surface area (Å²) >= 11 is 3.36. The number of aromatic nitrogens is 2. The number of aryl methyl sites for hydroxylation is 1. The van der Waals surface area contributed by atoms with Gasteiger partial charge in [0.2, 0.25) is 0 Å². The van der Waals surface area contributed by atoms with Crippen LogP contribution in [0, 0.1) is 0 Å². The average Bonchev–Trinajstić information content (AvgIpc) is 3.31. The van der Waals surface area contributed by atoms with Crippen LogP contribution in [0.2, 0.25) is 0 Å². The molecule has 6 heteroatoms. The van der Waals surface area contributed by atoms with Crippen molar-refractivity contribution in [2.24, 2.45) is 5.10 Å². The van der Waals surface area contributed by atoms with Crippen molar-refractivity contribution in [3.63, 3.8) is 0 Å². The third-order valence-corrected chi connectivity index (χ3v) is 5.71. The molecule has 0 spiro atoms. The lowest BCUT2D eigenvalue weighted by Crippen LogP contribution is -1.97. The Morgan fingerprint density at radius 2 is 2.00 bits per heavy atom. The van der Waals surface area contributed by atoms with E-state index in [0.717, 1.165) is 32.9 Å². The van der Waals surface area contributed by atoms with Crippen LogP contribution in [0.1, 0.15) is 16.7 Å². The first-order valence-corrected chi connectivity index (χ1v) is 9.71. The van der Waals surface area contributed by atoms with E-state index in [1.807, 2.05) is 54.1 Å². The van der Waals surface area contributed by atoms with Crippen molar-refractivity contribution in [2.45, 2.75) is 13.3 Å². The topological polar surface area (TPSA) is 50.2 Å². The summed E-state index contributed by atoms with van der Waals surface area (Å²) in [6.45, 7) is 2.15. The standard InChI is InChI=1S/C19H16N4S2/c1-2-14-11-16-18(23-20-12-15-9-6-10-24-15)21-17(22-19(16)25-14)13-7-4-3-5-8-13/h3-12H,2H2,1H3,(H,21,22,23). The Bertz CT molecular complexity index is 1000. The normalized spacial score (nSPS) is 11.4. The Hall–Kier alpha value is -2.57. The summed E-state index contributed by atoms with van der Waals surface area (Å²) in [5.41, 5.74) is 4.11. The van der Waals surface area contributed by atoms with Gasteiger partial charge >= 0.3 is 0 Å².